The molecule has 3 rings (SSSR count). The number of rotatable bonds is 6. The van der Waals surface area contributed by atoms with Crippen LogP contribution in [0.2, 0.25) is 0 Å². The predicted octanol–water partition coefficient (Wildman–Crippen LogP) is 1.91. The number of methoxy groups -OCH3 is 1. The second-order valence-electron chi connectivity index (χ2n) is 6.65. The van der Waals surface area contributed by atoms with Gasteiger partial charge in [-0.05, 0) is 35.9 Å². The van der Waals surface area contributed by atoms with Crippen LogP contribution in [0, 0.1) is 5.82 Å². The monoisotopic (exact) mass is 385 g/mol. The first-order chi connectivity index (χ1) is 13.6. The van der Waals surface area contributed by atoms with E-state index < -0.39 is 5.82 Å². The topological polar surface area (TPSA) is 61.9 Å². The van der Waals surface area contributed by atoms with Gasteiger partial charge in [0.2, 0.25) is 5.91 Å². The Labute approximate surface area is 163 Å². The molecule has 0 bridgehead atoms. The van der Waals surface area contributed by atoms with Crippen molar-refractivity contribution in [3.05, 3.63) is 65.5 Å². The normalized spacial score (nSPS) is 13.9. The summed E-state index contributed by atoms with van der Waals surface area (Å²) in [6, 6.07) is 12.9. The first-order valence-electron chi connectivity index (χ1n) is 9.23. The van der Waals surface area contributed by atoms with Crippen LogP contribution in [-0.2, 0) is 11.3 Å². The van der Waals surface area contributed by atoms with Crippen molar-refractivity contribution in [1.29, 1.82) is 0 Å². The van der Waals surface area contributed by atoms with E-state index in [1.54, 1.807) is 18.1 Å². The summed E-state index contributed by atoms with van der Waals surface area (Å²) in [5.41, 5.74) is 1.05. The number of halogens is 1. The zero-order valence-corrected chi connectivity index (χ0v) is 15.9. The van der Waals surface area contributed by atoms with Crippen LogP contribution >= 0.6 is 0 Å². The standard InChI is InChI=1S/C21H24FN3O3/c1-28-19-7-2-4-16(12-19)14-25(15-20(26)24-10-8-23-9-11-24)21(27)17-5-3-6-18(22)13-17/h2-7,12-13,23H,8-11,14-15H2,1H3. The highest BCUT2D eigenvalue weighted by atomic mass is 19.1. The minimum Gasteiger partial charge on any atom is -0.497 e. The first-order valence-corrected chi connectivity index (χ1v) is 9.23. The van der Waals surface area contributed by atoms with Crippen LogP contribution < -0.4 is 10.1 Å². The lowest BCUT2D eigenvalue weighted by molar-refractivity contribution is -0.132. The van der Waals surface area contributed by atoms with Crippen LogP contribution in [0.1, 0.15) is 15.9 Å². The summed E-state index contributed by atoms with van der Waals surface area (Å²) in [7, 11) is 1.57. The minimum atomic E-state index is -0.486. The zero-order valence-electron chi connectivity index (χ0n) is 15.9. The van der Waals surface area contributed by atoms with Crippen molar-refractivity contribution in [3.8, 4) is 5.75 Å². The molecule has 1 aliphatic heterocycles. The summed E-state index contributed by atoms with van der Waals surface area (Å²) >= 11 is 0. The fraction of sp³-hybridized carbons (Fsp3) is 0.333. The Morgan fingerprint density at radius 2 is 1.89 bits per heavy atom. The van der Waals surface area contributed by atoms with E-state index in [1.807, 2.05) is 24.3 Å². The molecule has 2 aromatic carbocycles. The number of piperazine rings is 1. The third-order valence-electron chi connectivity index (χ3n) is 4.66. The van der Waals surface area contributed by atoms with Gasteiger partial charge in [-0.3, -0.25) is 9.59 Å². The van der Waals surface area contributed by atoms with Gasteiger partial charge < -0.3 is 19.9 Å². The van der Waals surface area contributed by atoms with Crippen LogP contribution in [0.5, 0.6) is 5.75 Å². The van der Waals surface area contributed by atoms with Gasteiger partial charge in [-0.25, -0.2) is 4.39 Å². The van der Waals surface area contributed by atoms with Crippen molar-refractivity contribution in [1.82, 2.24) is 15.1 Å². The molecule has 0 atom stereocenters. The molecule has 1 N–H and O–H groups in total. The Kier molecular flexibility index (Phi) is 6.60. The van der Waals surface area contributed by atoms with Gasteiger partial charge in [-0.1, -0.05) is 18.2 Å². The van der Waals surface area contributed by atoms with Crippen molar-refractivity contribution in [2.24, 2.45) is 0 Å². The predicted molar refractivity (Wildman–Crippen MR) is 104 cm³/mol. The third kappa shape index (κ3) is 5.07. The Hall–Kier alpha value is -2.93. The van der Waals surface area contributed by atoms with Gasteiger partial charge in [0.25, 0.3) is 5.91 Å². The molecule has 0 radical (unpaired) electrons. The summed E-state index contributed by atoms with van der Waals surface area (Å²) in [6.45, 7) is 2.86. The van der Waals surface area contributed by atoms with Gasteiger partial charge in [-0.2, -0.15) is 0 Å². The zero-order chi connectivity index (χ0) is 19.9. The second-order valence-corrected chi connectivity index (χ2v) is 6.65. The number of hydrogen-bond acceptors (Lipinski definition) is 4. The summed E-state index contributed by atoms with van der Waals surface area (Å²) in [4.78, 5) is 28.9. The Morgan fingerprint density at radius 1 is 1.14 bits per heavy atom. The van der Waals surface area contributed by atoms with Gasteiger partial charge in [0.05, 0.1) is 7.11 Å². The smallest absolute Gasteiger partial charge is 0.254 e. The molecule has 6 nitrogen and oxygen atoms in total. The van der Waals surface area contributed by atoms with Crippen molar-refractivity contribution >= 4 is 11.8 Å². The highest BCUT2D eigenvalue weighted by molar-refractivity contribution is 5.96. The van der Waals surface area contributed by atoms with E-state index in [4.69, 9.17) is 4.74 Å². The number of nitrogens with one attached hydrogen (secondary N) is 1. The van der Waals surface area contributed by atoms with Crippen LogP contribution in [0.25, 0.3) is 0 Å². The molecule has 0 saturated carbocycles. The molecule has 0 spiro atoms. The van der Waals surface area contributed by atoms with Gasteiger partial charge in [-0.15, -0.1) is 0 Å². The maximum atomic E-state index is 13.6. The lowest BCUT2D eigenvalue weighted by atomic mass is 10.1. The molecule has 148 valence electrons. The molecule has 0 aliphatic carbocycles. The van der Waals surface area contributed by atoms with Gasteiger partial charge in [0.1, 0.15) is 18.1 Å². The minimum absolute atomic E-state index is 0.0629. The highest BCUT2D eigenvalue weighted by Gasteiger charge is 2.24. The second kappa shape index (κ2) is 9.32. The van der Waals surface area contributed by atoms with Crippen LogP contribution in [0.4, 0.5) is 4.39 Å². The molecule has 1 fully saturated rings. The third-order valence-corrected chi connectivity index (χ3v) is 4.66. The average molecular weight is 385 g/mol. The average Bonchev–Trinajstić information content (AvgIpc) is 2.73. The van der Waals surface area contributed by atoms with Crippen molar-refractivity contribution < 1.29 is 18.7 Å². The molecule has 1 heterocycles. The largest absolute Gasteiger partial charge is 0.497 e. The Morgan fingerprint density at radius 3 is 2.61 bits per heavy atom. The molecule has 28 heavy (non-hydrogen) atoms. The van der Waals surface area contributed by atoms with Crippen molar-refractivity contribution in [3.63, 3.8) is 0 Å². The van der Waals surface area contributed by atoms with E-state index in [9.17, 15) is 14.0 Å². The Bertz CT molecular complexity index is 837. The molecule has 7 heteroatoms. The van der Waals surface area contributed by atoms with E-state index >= 15 is 0 Å². The highest BCUT2D eigenvalue weighted by Crippen LogP contribution is 2.17. The number of benzene rings is 2. The molecule has 1 saturated heterocycles. The molecule has 2 aromatic rings. The fourth-order valence-electron chi connectivity index (χ4n) is 3.17. The summed E-state index contributed by atoms with van der Waals surface area (Å²) in [6.07, 6.45) is 0. The molecule has 0 unspecified atom stereocenters. The number of amides is 2. The van der Waals surface area contributed by atoms with Crippen LogP contribution in [-0.4, -0.2) is 61.4 Å². The molecule has 2 amide bonds. The lowest BCUT2D eigenvalue weighted by Crippen LogP contribution is -2.50. The SMILES string of the molecule is COc1cccc(CN(CC(=O)N2CCNCC2)C(=O)c2cccc(F)c2)c1. The quantitative estimate of drug-likeness (QED) is 0.825. The van der Waals surface area contributed by atoms with Crippen LogP contribution in [0.15, 0.2) is 48.5 Å². The maximum absolute atomic E-state index is 13.6. The molecule has 1 aliphatic rings. The van der Waals surface area contributed by atoms with Gasteiger partial charge in [0, 0.05) is 38.3 Å². The number of ether oxygens (including phenoxy) is 1. The van der Waals surface area contributed by atoms with E-state index in [2.05, 4.69) is 5.32 Å². The van der Waals surface area contributed by atoms with Crippen molar-refractivity contribution in [2.45, 2.75) is 6.54 Å². The Balaban J connectivity index is 1.81. The van der Waals surface area contributed by atoms with Crippen LogP contribution in [0.3, 0.4) is 0 Å². The first kappa shape index (κ1) is 19.8. The molecular weight excluding hydrogens is 361 g/mol. The summed E-state index contributed by atoms with van der Waals surface area (Å²) < 4.78 is 18.8. The van der Waals surface area contributed by atoms with Gasteiger partial charge in [0.15, 0.2) is 0 Å². The summed E-state index contributed by atoms with van der Waals surface area (Å²) in [5.74, 6) is -0.315. The van der Waals surface area contributed by atoms with E-state index in [-0.39, 0.29) is 30.5 Å². The van der Waals surface area contributed by atoms with Crippen molar-refractivity contribution in [2.75, 3.05) is 39.8 Å². The van der Waals surface area contributed by atoms with E-state index in [1.165, 1.54) is 23.1 Å². The molecular formula is C21H24FN3O3. The maximum Gasteiger partial charge on any atom is 0.254 e. The number of nitrogens with zero attached hydrogens (tertiary/aromatic N) is 2. The lowest BCUT2D eigenvalue weighted by Gasteiger charge is -2.30. The number of hydrogen-bond donors (Lipinski definition) is 1. The van der Waals surface area contributed by atoms with E-state index in [0.29, 0.717) is 18.8 Å². The fourth-order valence-corrected chi connectivity index (χ4v) is 3.17. The summed E-state index contributed by atoms with van der Waals surface area (Å²) in [5, 5.41) is 3.20. The van der Waals surface area contributed by atoms with Gasteiger partial charge >= 0.3 is 0 Å². The van der Waals surface area contributed by atoms with E-state index in [0.717, 1.165) is 18.7 Å². The number of carbonyl (C=O) groups excluding carboxylic acids is 2. The number of carbonyl (C=O) groups is 2. The molecule has 0 aromatic heterocycles.